The average molecular weight is 525 g/mol. The van der Waals surface area contributed by atoms with E-state index >= 15 is 0 Å². The lowest BCUT2D eigenvalue weighted by molar-refractivity contribution is -0.109. The van der Waals surface area contributed by atoms with Gasteiger partial charge in [0.15, 0.2) is 0 Å². The van der Waals surface area contributed by atoms with E-state index in [1.54, 1.807) is 0 Å². The smallest absolute Gasteiger partial charge is 0.381 e. The standard InChI is InChI=1S/C30H57BO6/c1-25(16-22-32)13-10-19-28(4,5)35-31(36-29(6,7)20-11-14-26(2)17-23-33)37-30(8,9)21-12-15-27(3)18-24-34/h22-27H,10-21H2,1-9H3. The minimum atomic E-state index is -0.813. The minimum Gasteiger partial charge on any atom is -0.381 e. The fraction of sp³-hybridized carbons (Fsp3) is 0.900. The summed E-state index contributed by atoms with van der Waals surface area (Å²) >= 11 is 0. The van der Waals surface area contributed by atoms with E-state index in [9.17, 15) is 14.4 Å². The zero-order valence-electron chi connectivity index (χ0n) is 25.5. The van der Waals surface area contributed by atoms with E-state index < -0.39 is 24.1 Å². The van der Waals surface area contributed by atoms with Crippen molar-refractivity contribution in [2.24, 2.45) is 17.8 Å². The summed E-state index contributed by atoms with van der Waals surface area (Å²) in [5, 5.41) is 0. The molecular weight excluding hydrogens is 467 g/mol. The maximum atomic E-state index is 10.8. The third kappa shape index (κ3) is 19.6. The molecule has 3 atom stereocenters. The van der Waals surface area contributed by atoms with Crippen molar-refractivity contribution in [1.29, 1.82) is 0 Å². The maximum Gasteiger partial charge on any atom is 0.640 e. The number of hydrogen-bond acceptors (Lipinski definition) is 6. The molecule has 0 bridgehead atoms. The molecule has 7 heteroatoms. The van der Waals surface area contributed by atoms with Crippen LogP contribution in [0.4, 0.5) is 0 Å². The molecule has 37 heavy (non-hydrogen) atoms. The van der Waals surface area contributed by atoms with Crippen LogP contribution in [-0.2, 0) is 28.3 Å². The highest BCUT2D eigenvalue weighted by Gasteiger charge is 2.39. The molecule has 0 aliphatic carbocycles. The quantitative estimate of drug-likeness (QED) is 0.0959. The Morgan fingerprint density at radius 3 is 1.00 bits per heavy atom. The zero-order valence-corrected chi connectivity index (χ0v) is 25.5. The van der Waals surface area contributed by atoms with Gasteiger partial charge < -0.3 is 28.3 Å². The third-order valence-electron chi connectivity index (χ3n) is 7.17. The summed E-state index contributed by atoms with van der Waals surface area (Å²) in [5.74, 6) is 1.12. The van der Waals surface area contributed by atoms with E-state index in [4.69, 9.17) is 14.0 Å². The van der Waals surface area contributed by atoms with Gasteiger partial charge in [0.2, 0.25) is 0 Å². The van der Waals surface area contributed by atoms with Gasteiger partial charge >= 0.3 is 7.32 Å². The van der Waals surface area contributed by atoms with Gasteiger partial charge in [-0.1, -0.05) is 59.3 Å². The molecule has 0 saturated carbocycles. The lowest BCUT2D eigenvalue weighted by atomic mass is 9.91. The molecule has 216 valence electrons. The Balaban J connectivity index is 5.24. The third-order valence-corrected chi connectivity index (χ3v) is 7.17. The second-order valence-electron chi connectivity index (χ2n) is 13.1. The van der Waals surface area contributed by atoms with Crippen molar-refractivity contribution in [3.05, 3.63) is 0 Å². The topological polar surface area (TPSA) is 78.9 Å². The molecule has 0 aromatic rings. The van der Waals surface area contributed by atoms with Gasteiger partial charge in [0.25, 0.3) is 0 Å². The number of carbonyl (C=O) groups excluding carboxylic acids is 3. The molecule has 6 nitrogen and oxygen atoms in total. The number of carbonyl (C=O) groups is 3. The molecule has 0 spiro atoms. The van der Waals surface area contributed by atoms with Crippen molar-refractivity contribution in [1.82, 2.24) is 0 Å². The normalized spacial score (nSPS) is 15.2. The van der Waals surface area contributed by atoms with Crippen LogP contribution in [0.2, 0.25) is 0 Å². The van der Waals surface area contributed by atoms with Crippen molar-refractivity contribution in [3.8, 4) is 0 Å². The number of aldehydes is 3. The summed E-state index contributed by atoms with van der Waals surface area (Å²) in [6.45, 7) is 18.7. The first-order valence-corrected chi connectivity index (χ1v) is 14.5. The molecule has 0 fully saturated rings. The molecule has 0 aromatic carbocycles. The van der Waals surface area contributed by atoms with Gasteiger partial charge in [-0.05, 0) is 78.6 Å². The SMILES string of the molecule is CC(CC=O)CCCC(C)(C)OB(OC(C)(C)CCCC(C)CC=O)OC(C)(C)CCCC(C)CC=O. The Morgan fingerprint density at radius 2 is 0.784 bits per heavy atom. The summed E-state index contributed by atoms with van der Waals surface area (Å²) in [4.78, 5) is 32.4. The molecule has 0 saturated heterocycles. The minimum absolute atomic E-state index is 0.373. The number of hydrogen-bond donors (Lipinski definition) is 0. The largest absolute Gasteiger partial charge is 0.640 e. The summed E-state index contributed by atoms with van der Waals surface area (Å²) in [5.41, 5.74) is -1.35. The Labute approximate surface area is 228 Å². The molecule has 0 aromatic heterocycles. The van der Waals surface area contributed by atoms with Gasteiger partial charge in [-0.25, -0.2) is 0 Å². The van der Waals surface area contributed by atoms with Gasteiger partial charge in [0, 0.05) is 19.3 Å². The van der Waals surface area contributed by atoms with Crippen molar-refractivity contribution in [2.75, 3.05) is 0 Å². The summed E-state index contributed by atoms with van der Waals surface area (Å²) in [6.07, 6.45) is 13.1. The van der Waals surface area contributed by atoms with Crippen LogP contribution in [0, 0.1) is 17.8 Å². The van der Waals surface area contributed by atoms with Crippen LogP contribution in [0.25, 0.3) is 0 Å². The Hall–Kier alpha value is -1.05. The maximum absolute atomic E-state index is 10.8. The lowest BCUT2D eigenvalue weighted by Gasteiger charge is -2.37. The van der Waals surface area contributed by atoms with Gasteiger partial charge in [-0.2, -0.15) is 0 Å². The molecule has 0 amide bonds. The Kier molecular flexibility index (Phi) is 17.8. The van der Waals surface area contributed by atoms with Crippen LogP contribution in [0.15, 0.2) is 0 Å². The summed E-state index contributed by atoms with van der Waals surface area (Å²) < 4.78 is 19.4. The van der Waals surface area contributed by atoms with Crippen molar-refractivity contribution in [3.63, 3.8) is 0 Å². The van der Waals surface area contributed by atoms with Crippen LogP contribution >= 0.6 is 0 Å². The molecule has 3 unspecified atom stereocenters. The van der Waals surface area contributed by atoms with Gasteiger partial charge in [-0.15, -0.1) is 0 Å². The second-order valence-corrected chi connectivity index (χ2v) is 13.1. The predicted octanol–water partition coefficient (Wildman–Crippen LogP) is 7.54. The van der Waals surface area contributed by atoms with Gasteiger partial charge in [-0.3, -0.25) is 0 Å². The summed E-state index contributed by atoms with van der Waals surface area (Å²) in [7, 11) is -0.813. The van der Waals surface area contributed by atoms with Crippen LogP contribution in [0.5, 0.6) is 0 Å². The molecule has 0 aliphatic rings. The average Bonchev–Trinajstić information content (AvgIpc) is 2.72. The highest BCUT2D eigenvalue weighted by molar-refractivity contribution is 6.36. The first-order valence-electron chi connectivity index (χ1n) is 14.5. The molecule has 0 rings (SSSR count). The van der Waals surface area contributed by atoms with Crippen molar-refractivity contribution < 1.29 is 28.3 Å². The molecule has 0 radical (unpaired) electrons. The van der Waals surface area contributed by atoms with Crippen molar-refractivity contribution >= 4 is 26.2 Å². The van der Waals surface area contributed by atoms with E-state index in [1.807, 2.05) is 0 Å². The highest BCUT2D eigenvalue weighted by Crippen LogP contribution is 2.30. The predicted molar refractivity (Wildman–Crippen MR) is 152 cm³/mol. The fourth-order valence-corrected chi connectivity index (χ4v) is 4.51. The fourth-order valence-electron chi connectivity index (χ4n) is 4.51. The van der Waals surface area contributed by atoms with Gasteiger partial charge in [0.05, 0.1) is 16.8 Å². The first kappa shape index (κ1) is 36.0. The van der Waals surface area contributed by atoms with E-state index in [0.29, 0.717) is 37.0 Å². The Bertz CT molecular complexity index is 548. The van der Waals surface area contributed by atoms with Crippen LogP contribution < -0.4 is 0 Å². The molecule has 0 heterocycles. The van der Waals surface area contributed by atoms with E-state index in [0.717, 1.165) is 76.6 Å². The molecular formula is C30H57BO6. The van der Waals surface area contributed by atoms with E-state index in [-0.39, 0.29) is 0 Å². The molecule has 0 aliphatic heterocycles. The van der Waals surface area contributed by atoms with Crippen LogP contribution in [0.3, 0.4) is 0 Å². The second kappa shape index (κ2) is 18.3. The summed E-state index contributed by atoms with van der Waals surface area (Å²) in [6, 6.07) is 0. The lowest BCUT2D eigenvalue weighted by Crippen LogP contribution is -2.47. The van der Waals surface area contributed by atoms with Gasteiger partial charge in [0.1, 0.15) is 18.9 Å². The first-order chi connectivity index (χ1) is 17.1. The number of rotatable bonds is 24. The van der Waals surface area contributed by atoms with Crippen molar-refractivity contribution in [2.45, 2.75) is 156 Å². The zero-order chi connectivity index (χ0) is 28.5. The van der Waals surface area contributed by atoms with E-state index in [1.165, 1.54) is 0 Å². The van der Waals surface area contributed by atoms with E-state index in [2.05, 4.69) is 62.3 Å². The Morgan fingerprint density at radius 1 is 0.541 bits per heavy atom. The highest BCUT2D eigenvalue weighted by atomic mass is 16.8. The molecule has 0 N–H and O–H groups in total. The monoisotopic (exact) mass is 524 g/mol. The van der Waals surface area contributed by atoms with Crippen LogP contribution in [0.1, 0.15) is 139 Å². The van der Waals surface area contributed by atoms with Crippen LogP contribution in [-0.4, -0.2) is 43.0 Å².